The first-order valence-electron chi connectivity index (χ1n) is 7.16. The van der Waals surface area contributed by atoms with Crippen molar-refractivity contribution in [3.05, 3.63) is 69.1 Å². The van der Waals surface area contributed by atoms with Gasteiger partial charge in [-0.3, -0.25) is 19.8 Å². The van der Waals surface area contributed by atoms with Crippen molar-refractivity contribution < 1.29 is 14.5 Å². The number of hydrogen-bond acceptors (Lipinski definition) is 6. The van der Waals surface area contributed by atoms with Crippen LogP contribution in [0.2, 0.25) is 0 Å². The number of benzene rings is 2. The Labute approximate surface area is 153 Å². The summed E-state index contributed by atoms with van der Waals surface area (Å²) in [7, 11) is 1.57. The van der Waals surface area contributed by atoms with Crippen molar-refractivity contribution >= 4 is 51.7 Å². The zero-order valence-corrected chi connectivity index (χ0v) is 14.7. The van der Waals surface area contributed by atoms with Crippen molar-refractivity contribution in [3.63, 3.8) is 0 Å². The van der Waals surface area contributed by atoms with Crippen molar-refractivity contribution in [2.24, 2.45) is 0 Å². The molecule has 2 aromatic carbocycles. The highest BCUT2D eigenvalue weighted by atomic mass is 32.2. The van der Waals surface area contributed by atoms with Crippen molar-refractivity contribution in [2.45, 2.75) is 0 Å². The van der Waals surface area contributed by atoms with E-state index in [9.17, 15) is 14.9 Å². The number of nitro groups is 1. The summed E-state index contributed by atoms with van der Waals surface area (Å²) in [4.78, 5) is 24.8. The van der Waals surface area contributed by atoms with E-state index in [4.69, 9.17) is 17.0 Å². The van der Waals surface area contributed by atoms with Crippen molar-refractivity contribution in [1.82, 2.24) is 0 Å². The second kappa shape index (κ2) is 7.04. The summed E-state index contributed by atoms with van der Waals surface area (Å²) < 4.78 is 5.54. The van der Waals surface area contributed by atoms with Crippen LogP contribution in [0.25, 0.3) is 6.08 Å². The number of nitrogens with zero attached hydrogens (tertiary/aromatic N) is 2. The Hall–Kier alpha value is -2.71. The minimum absolute atomic E-state index is 0.00271. The number of anilines is 1. The number of carbonyl (C=O) groups is 1. The summed E-state index contributed by atoms with van der Waals surface area (Å²) in [5.74, 6) is 0.467. The lowest BCUT2D eigenvalue weighted by Crippen LogP contribution is -2.27. The molecule has 25 heavy (non-hydrogen) atoms. The van der Waals surface area contributed by atoms with Gasteiger partial charge in [0.15, 0.2) is 4.32 Å². The highest BCUT2D eigenvalue weighted by molar-refractivity contribution is 8.27. The zero-order chi connectivity index (χ0) is 18.0. The van der Waals surface area contributed by atoms with Gasteiger partial charge in [-0.05, 0) is 48.0 Å². The molecule has 8 heteroatoms. The number of amides is 1. The number of non-ortho nitro benzene ring substituents is 1. The van der Waals surface area contributed by atoms with E-state index in [1.807, 2.05) is 0 Å². The second-order valence-corrected chi connectivity index (χ2v) is 6.74. The minimum Gasteiger partial charge on any atom is -0.497 e. The minimum atomic E-state index is -0.465. The summed E-state index contributed by atoms with van der Waals surface area (Å²) in [6, 6.07) is 13.0. The first-order chi connectivity index (χ1) is 12.0. The van der Waals surface area contributed by atoms with Crippen LogP contribution in [0.1, 0.15) is 5.56 Å². The van der Waals surface area contributed by atoms with Gasteiger partial charge in [0, 0.05) is 12.1 Å². The van der Waals surface area contributed by atoms with Crippen LogP contribution >= 0.6 is 24.0 Å². The van der Waals surface area contributed by atoms with Gasteiger partial charge in [0.1, 0.15) is 5.75 Å². The fourth-order valence-corrected chi connectivity index (χ4v) is 3.56. The van der Waals surface area contributed by atoms with Gasteiger partial charge in [-0.25, -0.2) is 0 Å². The molecule has 0 saturated carbocycles. The first-order valence-corrected chi connectivity index (χ1v) is 8.38. The van der Waals surface area contributed by atoms with Crippen LogP contribution in [0.3, 0.4) is 0 Å². The van der Waals surface area contributed by atoms with Gasteiger partial charge in [0.2, 0.25) is 0 Å². The molecule has 0 unspecified atom stereocenters. The Kier molecular flexibility index (Phi) is 4.82. The van der Waals surface area contributed by atoms with Gasteiger partial charge in [0.25, 0.3) is 11.6 Å². The third-order valence-electron chi connectivity index (χ3n) is 3.53. The number of thioether (sulfide) groups is 1. The Morgan fingerprint density at radius 1 is 1.16 bits per heavy atom. The molecule has 0 aliphatic carbocycles. The monoisotopic (exact) mass is 372 g/mol. The van der Waals surface area contributed by atoms with Crippen LogP contribution in [0.4, 0.5) is 11.4 Å². The lowest BCUT2D eigenvalue weighted by atomic mass is 10.2. The Balaban J connectivity index is 1.85. The molecule has 1 amide bonds. The fourth-order valence-electron chi connectivity index (χ4n) is 2.27. The highest BCUT2D eigenvalue weighted by Crippen LogP contribution is 2.36. The van der Waals surface area contributed by atoms with E-state index < -0.39 is 4.92 Å². The molecule has 0 N–H and O–H groups in total. The summed E-state index contributed by atoms with van der Waals surface area (Å²) in [6.45, 7) is 0. The molecule has 3 rings (SSSR count). The quantitative estimate of drug-likeness (QED) is 0.349. The fraction of sp³-hybridized carbons (Fsp3) is 0.0588. The normalized spacial score (nSPS) is 15.7. The van der Waals surface area contributed by atoms with Crippen molar-refractivity contribution in [2.75, 3.05) is 12.0 Å². The van der Waals surface area contributed by atoms with Gasteiger partial charge in [-0.15, -0.1) is 0 Å². The standard InChI is InChI=1S/C17H12N2O4S2/c1-23-14-8-6-12(7-9-14)18-16(20)15(25-17(18)24)10-11-2-4-13(5-3-11)19(21)22/h2-10H,1H3/b15-10+. The number of thiocarbonyl (C=S) groups is 1. The molecule has 0 atom stereocenters. The van der Waals surface area contributed by atoms with Crippen LogP contribution in [-0.2, 0) is 4.79 Å². The zero-order valence-electron chi connectivity index (χ0n) is 13.0. The molecule has 0 aromatic heterocycles. The number of carbonyl (C=O) groups excluding carboxylic acids is 1. The third kappa shape index (κ3) is 3.54. The van der Waals surface area contributed by atoms with Gasteiger partial charge < -0.3 is 4.74 Å². The summed E-state index contributed by atoms with van der Waals surface area (Å²) >= 11 is 6.51. The molecule has 0 spiro atoms. The predicted molar refractivity (Wildman–Crippen MR) is 102 cm³/mol. The van der Waals surface area contributed by atoms with Crippen LogP contribution < -0.4 is 9.64 Å². The average molecular weight is 372 g/mol. The molecule has 1 heterocycles. The smallest absolute Gasteiger partial charge is 0.270 e. The van der Waals surface area contributed by atoms with Crippen LogP contribution in [-0.4, -0.2) is 22.3 Å². The number of rotatable bonds is 4. The van der Waals surface area contributed by atoms with E-state index in [2.05, 4.69) is 0 Å². The first kappa shape index (κ1) is 17.1. The Bertz CT molecular complexity index is 877. The number of hydrogen-bond donors (Lipinski definition) is 0. The largest absolute Gasteiger partial charge is 0.497 e. The molecule has 0 bridgehead atoms. The van der Waals surface area contributed by atoms with Gasteiger partial charge in [-0.1, -0.05) is 24.0 Å². The van der Waals surface area contributed by atoms with E-state index in [1.54, 1.807) is 49.6 Å². The second-order valence-electron chi connectivity index (χ2n) is 5.06. The van der Waals surface area contributed by atoms with E-state index in [0.29, 0.717) is 26.2 Å². The molecule has 0 radical (unpaired) electrons. The van der Waals surface area contributed by atoms with Crippen LogP contribution in [0.5, 0.6) is 5.75 Å². The lowest BCUT2D eigenvalue weighted by molar-refractivity contribution is -0.384. The van der Waals surface area contributed by atoms with Crippen molar-refractivity contribution in [3.8, 4) is 5.75 Å². The molecule has 1 aliphatic rings. The highest BCUT2D eigenvalue weighted by Gasteiger charge is 2.33. The van der Waals surface area contributed by atoms with E-state index in [1.165, 1.54) is 28.8 Å². The van der Waals surface area contributed by atoms with E-state index >= 15 is 0 Å². The van der Waals surface area contributed by atoms with E-state index in [-0.39, 0.29) is 11.6 Å². The summed E-state index contributed by atoms with van der Waals surface area (Å²) in [5.41, 5.74) is 1.36. The Morgan fingerprint density at radius 2 is 1.80 bits per heavy atom. The number of nitro benzene ring substituents is 1. The maximum absolute atomic E-state index is 12.7. The molecular formula is C17H12N2O4S2. The molecule has 1 aliphatic heterocycles. The van der Waals surface area contributed by atoms with Crippen molar-refractivity contribution in [1.29, 1.82) is 0 Å². The third-order valence-corrected chi connectivity index (χ3v) is 4.83. The number of ether oxygens (including phenoxy) is 1. The molecular weight excluding hydrogens is 360 g/mol. The molecule has 126 valence electrons. The predicted octanol–water partition coefficient (Wildman–Crippen LogP) is 4.01. The molecule has 2 aromatic rings. The summed E-state index contributed by atoms with van der Waals surface area (Å²) in [6.07, 6.45) is 1.67. The maximum atomic E-state index is 12.7. The molecule has 6 nitrogen and oxygen atoms in total. The molecule has 1 saturated heterocycles. The topological polar surface area (TPSA) is 72.7 Å². The van der Waals surface area contributed by atoms with Gasteiger partial charge in [-0.2, -0.15) is 0 Å². The average Bonchev–Trinajstić information content (AvgIpc) is 2.89. The Morgan fingerprint density at radius 3 is 2.36 bits per heavy atom. The van der Waals surface area contributed by atoms with Gasteiger partial charge >= 0.3 is 0 Å². The van der Waals surface area contributed by atoms with Crippen LogP contribution in [0, 0.1) is 10.1 Å². The number of methoxy groups -OCH3 is 1. The van der Waals surface area contributed by atoms with Gasteiger partial charge in [0.05, 0.1) is 22.6 Å². The summed E-state index contributed by atoms with van der Waals surface area (Å²) in [5, 5.41) is 10.7. The molecule has 1 fully saturated rings. The van der Waals surface area contributed by atoms with Crippen LogP contribution in [0.15, 0.2) is 53.4 Å². The lowest BCUT2D eigenvalue weighted by Gasteiger charge is -2.14. The van der Waals surface area contributed by atoms with E-state index in [0.717, 1.165) is 0 Å². The SMILES string of the molecule is COc1ccc(N2C(=O)/C(=C\c3ccc([N+](=O)[O-])cc3)SC2=S)cc1. The maximum Gasteiger partial charge on any atom is 0.270 e.